The number of benzene rings is 3. The largest absolute Gasteiger partial charge is 0.490 e. The molecule has 0 spiro atoms. The molecule has 0 saturated heterocycles. The molecule has 39 heavy (non-hydrogen) atoms. The highest BCUT2D eigenvalue weighted by atomic mass is 16.6. The predicted octanol–water partition coefficient (Wildman–Crippen LogP) is 5.06. The molecule has 0 bridgehead atoms. The maximum atomic E-state index is 13.4. The fourth-order valence-corrected chi connectivity index (χ4v) is 3.78. The van der Waals surface area contributed by atoms with Crippen molar-refractivity contribution in [1.82, 2.24) is 9.66 Å². The molecule has 194 valence electrons. The number of nitrogens with zero attached hydrogens (tertiary/aromatic N) is 4. The zero-order chi connectivity index (χ0) is 27.4. The van der Waals surface area contributed by atoms with Crippen molar-refractivity contribution in [3.8, 4) is 22.9 Å². The van der Waals surface area contributed by atoms with Crippen molar-refractivity contribution >= 4 is 28.8 Å². The van der Waals surface area contributed by atoms with Crippen molar-refractivity contribution in [3.63, 3.8) is 0 Å². The van der Waals surface area contributed by atoms with E-state index in [9.17, 15) is 19.7 Å². The average Bonchev–Trinajstić information content (AvgIpc) is 3.49. The van der Waals surface area contributed by atoms with Gasteiger partial charge in [-0.3, -0.25) is 14.9 Å². The number of non-ortho nitro benzene ring substituents is 1. The summed E-state index contributed by atoms with van der Waals surface area (Å²) in [4.78, 5) is 40.9. The topological polar surface area (TPSA) is 139 Å². The van der Waals surface area contributed by atoms with Gasteiger partial charge in [0.15, 0.2) is 17.3 Å². The van der Waals surface area contributed by atoms with E-state index >= 15 is 0 Å². The van der Waals surface area contributed by atoms with Gasteiger partial charge in [0.2, 0.25) is 5.76 Å². The van der Waals surface area contributed by atoms with Crippen LogP contribution in [0.1, 0.15) is 23.0 Å². The molecule has 3 aromatic carbocycles. The van der Waals surface area contributed by atoms with Gasteiger partial charge >= 0.3 is 5.97 Å². The zero-order valence-corrected chi connectivity index (χ0v) is 20.5. The molecule has 2 heterocycles. The van der Waals surface area contributed by atoms with Crippen LogP contribution in [0.15, 0.2) is 99.4 Å². The molecule has 0 aliphatic carbocycles. The number of nitro groups is 1. The number of hydrogen-bond acceptors (Lipinski definition) is 9. The van der Waals surface area contributed by atoms with Gasteiger partial charge < -0.3 is 13.9 Å². The summed E-state index contributed by atoms with van der Waals surface area (Å²) >= 11 is 0. The second kappa shape index (κ2) is 10.8. The Morgan fingerprint density at radius 1 is 1.08 bits per heavy atom. The van der Waals surface area contributed by atoms with E-state index in [0.717, 1.165) is 4.68 Å². The number of hydrogen-bond donors (Lipinski definition) is 0. The minimum atomic E-state index is -0.677. The molecule has 0 atom stereocenters. The summed E-state index contributed by atoms with van der Waals surface area (Å²) in [6.07, 6.45) is 2.81. The lowest BCUT2D eigenvalue weighted by Gasteiger charge is -2.11. The third-order valence-electron chi connectivity index (χ3n) is 5.61. The molecule has 11 nitrogen and oxygen atoms in total. The lowest BCUT2D eigenvalue weighted by molar-refractivity contribution is -0.384. The Kier molecular flexibility index (Phi) is 6.95. The Hall–Kier alpha value is -5.58. The Morgan fingerprint density at radius 3 is 2.59 bits per heavy atom. The molecule has 0 radical (unpaired) electrons. The minimum Gasteiger partial charge on any atom is -0.490 e. The van der Waals surface area contributed by atoms with Gasteiger partial charge in [-0.15, -0.1) is 0 Å². The van der Waals surface area contributed by atoms with Gasteiger partial charge in [0.1, 0.15) is 0 Å². The Morgan fingerprint density at radius 2 is 1.87 bits per heavy atom. The fraction of sp³-hybridized carbons (Fsp3) is 0.0714. The van der Waals surface area contributed by atoms with Crippen molar-refractivity contribution in [2.45, 2.75) is 6.92 Å². The fourth-order valence-electron chi connectivity index (χ4n) is 3.78. The molecule has 0 unspecified atom stereocenters. The molecule has 0 aliphatic rings. The van der Waals surface area contributed by atoms with E-state index in [1.165, 1.54) is 42.8 Å². The first-order chi connectivity index (χ1) is 18.9. The first kappa shape index (κ1) is 25.1. The number of aromatic nitrogens is 2. The van der Waals surface area contributed by atoms with E-state index < -0.39 is 16.5 Å². The van der Waals surface area contributed by atoms with Crippen LogP contribution in [0.2, 0.25) is 0 Å². The van der Waals surface area contributed by atoms with Crippen LogP contribution in [0.5, 0.6) is 11.5 Å². The summed E-state index contributed by atoms with van der Waals surface area (Å²) in [6.45, 7) is 2.10. The van der Waals surface area contributed by atoms with Gasteiger partial charge in [0.05, 0.1) is 34.9 Å². The van der Waals surface area contributed by atoms with E-state index in [0.29, 0.717) is 34.4 Å². The van der Waals surface area contributed by atoms with Crippen molar-refractivity contribution in [3.05, 3.63) is 117 Å². The van der Waals surface area contributed by atoms with Gasteiger partial charge in [0, 0.05) is 17.7 Å². The van der Waals surface area contributed by atoms with Crippen LogP contribution >= 0.6 is 0 Å². The van der Waals surface area contributed by atoms with E-state index in [2.05, 4.69) is 10.1 Å². The average molecular weight is 524 g/mol. The predicted molar refractivity (Wildman–Crippen MR) is 142 cm³/mol. The maximum Gasteiger partial charge on any atom is 0.379 e. The Labute approximate surface area is 220 Å². The van der Waals surface area contributed by atoms with Crippen molar-refractivity contribution < 1.29 is 23.6 Å². The molecule has 2 aromatic heterocycles. The van der Waals surface area contributed by atoms with E-state index in [1.807, 2.05) is 0 Å². The number of nitro benzene ring substituents is 1. The standard InChI is InChI=1S/C28H20N4O7/c1-2-37-25-16-18(9-14-23(25)39-28(34)24-8-5-15-38-24)17-29-31-26(19-10-12-20(13-11-19)32(35)36)30-22-7-4-3-6-21(22)27(31)33/h3-17H,2H2,1H3/b29-17+. The number of esters is 1. The normalized spacial score (nSPS) is 11.1. The van der Waals surface area contributed by atoms with Crippen LogP contribution in [-0.4, -0.2) is 33.4 Å². The smallest absolute Gasteiger partial charge is 0.379 e. The van der Waals surface area contributed by atoms with E-state index in [-0.39, 0.29) is 23.0 Å². The number of carbonyl (C=O) groups is 1. The summed E-state index contributed by atoms with van der Waals surface area (Å²) in [7, 11) is 0. The monoisotopic (exact) mass is 524 g/mol. The van der Waals surface area contributed by atoms with Crippen molar-refractivity contribution in [1.29, 1.82) is 0 Å². The molecule has 5 rings (SSSR count). The number of ether oxygens (including phenoxy) is 2. The summed E-state index contributed by atoms with van der Waals surface area (Å²) in [5, 5.41) is 15.8. The quantitative estimate of drug-likeness (QED) is 0.0902. The first-order valence-electron chi connectivity index (χ1n) is 11.8. The van der Waals surface area contributed by atoms with Gasteiger partial charge in [-0.2, -0.15) is 9.78 Å². The van der Waals surface area contributed by atoms with E-state index in [4.69, 9.17) is 13.9 Å². The lowest BCUT2D eigenvalue weighted by Crippen LogP contribution is -2.20. The second-order valence-electron chi connectivity index (χ2n) is 8.12. The van der Waals surface area contributed by atoms with Crippen molar-refractivity contribution in [2.24, 2.45) is 5.10 Å². The van der Waals surface area contributed by atoms with Crippen LogP contribution < -0.4 is 15.0 Å². The highest BCUT2D eigenvalue weighted by Crippen LogP contribution is 2.29. The van der Waals surface area contributed by atoms with Crippen LogP contribution in [0.3, 0.4) is 0 Å². The molecule has 0 fully saturated rings. The molecule has 0 amide bonds. The van der Waals surface area contributed by atoms with E-state index in [1.54, 1.807) is 55.5 Å². The van der Waals surface area contributed by atoms with Crippen LogP contribution in [0.25, 0.3) is 22.3 Å². The number of carbonyl (C=O) groups excluding carboxylic acids is 1. The third-order valence-corrected chi connectivity index (χ3v) is 5.61. The maximum absolute atomic E-state index is 13.4. The minimum absolute atomic E-state index is 0.0463. The van der Waals surface area contributed by atoms with Crippen LogP contribution in [0, 0.1) is 10.1 Å². The molecular formula is C28H20N4O7. The van der Waals surface area contributed by atoms with Gasteiger partial charge in [-0.25, -0.2) is 9.78 Å². The molecule has 0 N–H and O–H groups in total. The van der Waals surface area contributed by atoms with Crippen LogP contribution in [0.4, 0.5) is 5.69 Å². The third kappa shape index (κ3) is 5.27. The summed E-state index contributed by atoms with van der Waals surface area (Å²) in [5.74, 6) is 0.0558. The van der Waals surface area contributed by atoms with Gasteiger partial charge in [0.25, 0.3) is 11.2 Å². The lowest BCUT2D eigenvalue weighted by atomic mass is 10.1. The number of fused-ring (bicyclic) bond motifs is 1. The Bertz CT molecular complexity index is 1760. The summed E-state index contributed by atoms with van der Waals surface area (Å²) < 4.78 is 17.3. The van der Waals surface area contributed by atoms with Crippen molar-refractivity contribution in [2.75, 3.05) is 6.61 Å². The highest BCUT2D eigenvalue weighted by molar-refractivity contribution is 5.89. The SMILES string of the molecule is CCOc1cc(/C=N/n2c(-c3ccc([N+](=O)[O-])cc3)nc3ccccc3c2=O)ccc1OC(=O)c1ccco1. The molecule has 11 heteroatoms. The zero-order valence-electron chi connectivity index (χ0n) is 20.5. The highest BCUT2D eigenvalue weighted by Gasteiger charge is 2.16. The number of furan rings is 1. The molecule has 5 aromatic rings. The van der Waals surface area contributed by atoms with Gasteiger partial charge in [-0.05, 0) is 67.1 Å². The van der Waals surface area contributed by atoms with Crippen LogP contribution in [-0.2, 0) is 0 Å². The number of para-hydroxylation sites is 1. The first-order valence-corrected chi connectivity index (χ1v) is 11.8. The summed E-state index contributed by atoms with van der Waals surface area (Å²) in [6, 6.07) is 20.4. The molecule has 0 saturated carbocycles. The summed E-state index contributed by atoms with van der Waals surface area (Å²) in [5.41, 5.74) is 0.970. The van der Waals surface area contributed by atoms with Gasteiger partial charge in [-0.1, -0.05) is 12.1 Å². The second-order valence-corrected chi connectivity index (χ2v) is 8.12. The number of rotatable bonds is 8. The molecule has 0 aliphatic heterocycles. The molecular weight excluding hydrogens is 504 g/mol. The Balaban J connectivity index is 1.54.